The molecule has 0 bridgehead atoms. The predicted molar refractivity (Wildman–Crippen MR) is 104 cm³/mol. The molecule has 0 radical (unpaired) electrons. The van der Waals surface area contributed by atoms with Gasteiger partial charge in [0.25, 0.3) is 5.56 Å². The van der Waals surface area contributed by atoms with Crippen LogP contribution in [0.3, 0.4) is 0 Å². The van der Waals surface area contributed by atoms with E-state index in [4.69, 9.17) is 4.74 Å². The molecule has 0 saturated heterocycles. The molecule has 0 spiro atoms. The Kier molecular flexibility index (Phi) is 6.36. The Morgan fingerprint density at radius 1 is 1.23 bits per heavy atom. The lowest BCUT2D eigenvalue weighted by molar-refractivity contribution is 0.0684. The van der Waals surface area contributed by atoms with Gasteiger partial charge in [0.15, 0.2) is 5.69 Å². The highest BCUT2D eigenvalue weighted by Crippen LogP contribution is 2.38. The van der Waals surface area contributed by atoms with Crippen LogP contribution in [0.15, 0.2) is 35.1 Å². The van der Waals surface area contributed by atoms with Crippen LogP contribution < -0.4 is 10.9 Å². The van der Waals surface area contributed by atoms with Gasteiger partial charge in [-0.25, -0.2) is 14.6 Å². The Hall–Kier alpha value is -3.40. The van der Waals surface area contributed by atoms with Crippen molar-refractivity contribution in [2.45, 2.75) is 37.8 Å². The number of hydrogen-bond donors (Lipinski definition) is 5. The zero-order valence-electron chi connectivity index (χ0n) is 16.1. The number of carbonyl (C=O) groups is 2. The number of alkyl carbamates (subject to hydrolysis) is 1. The van der Waals surface area contributed by atoms with Crippen molar-refractivity contribution in [1.82, 2.24) is 15.3 Å². The number of benzene rings is 1. The minimum absolute atomic E-state index is 0.0167. The molecule has 1 amide bonds. The van der Waals surface area contributed by atoms with Crippen molar-refractivity contribution in [2.24, 2.45) is 5.92 Å². The summed E-state index contributed by atoms with van der Waals surface area (Å²) in [5.41, 5.74) is -2.22. The zero-order chi connectivity index (χ0) is 21.7. The SMILES string of the molecule is O=C(NC1(c2nc(C(=O)O)c(O)c(=O)[nH]2)CCC(CO)CC1)OCc1ccccc1. The monoisotopic (exact) mass is 417 g/mol. The lowest BCUT2D eigenvalue weighted by atomic mass is 9.76. The average Bonchev–Trinajstić information content (AvgIpc) is 2.75. The number of aromatic carboxylic acids is 1. The number of amides is 1. The van der Waals surface area contributed by atoms with Gasteiger partial charge in [0.2, 0.25) is 5.75 Å². The van der Waals surface area contributed by atoms with Gasteiger partial charge < -0.3 is 30.4 Å². The number of carboxylic acids is 1. The molecule has 1 aromatic heterocycles. The van der Waals surface area contributed by atoms with Gasteiger partial charge in [-0.15, -0.1) is 0 Å². The van der Waals surface area contributed by atoms with Crippen molar-refractivity contribution in [3.63, 3.8) is 0 Å². The summed E-state index contributed by atoms with van der Waals surface area (Å²) in [7, 11) is 0. The number of ether oxygens (including phenoxy) is 1. The zero-order valence-corrected chi connectivity index (χ0v) is 16.1. The summed E-state index contributed by atoms with van der Waals surface area (Å²) in [4.78, 5) is 42.3. The number of aliphatic hydroxyl groups is 1. The van der Waals surface area contributed by atoms with Crippen molar-refractivity contribution >= 4 is 12.1 Å². The summed E-state index contributed by atoms with van der Waals surface area (Å²) in [6.45, 7) is 0.0103. The Bertz CT molecular complexity index is 966. The third-order valence-electron chi connectivity index (χ3n) is 5.32. The Labute approximate surface area is 171 Å². The maximum atomic E-state index is 12.5. The number of rotatable bonds is 6. The van der Waals surface area contributed by atoms with Gasteiger partial charge in [0.05, 0.1) is 0 Å². The summed E-state index contributed by atoms with van der Waals surface area (Å²) >= 11 is 0. The first-order valence-corrected chi connectivity index (χ1v) is 9.51. The van der Waals surface area contributed by atoms with E-state index in [1.165, 1.54) is 0 Å². The number of carbonyl (C=O) groups excluding carboxylic acids is 1. The van der Waals surface area contributed by atoms with E-state index in [1.54, 1.807) is 12.1 Å². The highest BCUT2D eigenvalue weighted by Gasteiger charge is 2.41. The van der Waals surface area contributed by atoms with E-state index < -0.39 is 34.6 Å². The molecule has 30 heavy (non-hydrogen) atoms. The van der Waals surface area contributed by atoms with Crippen LogP contribution in [0.1, 0.15) is 47.6 Å². The number of nitrogens with zero attached hydrogens (tertiary/aromatic N) is 1. The summed E-state index contributed by atoms with van der Waals surface area (Å²) in [5, 5.41) is 31.1. The fraction of sp³-hybridized carbons (Fsp3) is 0.400. The minimum atomic E-state index is -1.56. The van der Waals surface area contributed by atoms with Crippen molar-refractivity contribution in [3.05, 3.63) is 57.8 Å². The molecule has 1 aromatic carbocycles. The van der Waals surface area contributed by atoms with Gasteiger partial charge in [-0.05, 0) is 37.2 Å². The number of aromatic hydroxyl groups is 1. The molecule has 1 saturated carbocycles. The molecule has 1 heterocycles. The van der Waals surface area contributed by atoms with Gasteiger partial charge in [-0.3, -0.25) is 4.79 Å². The van der Waals surface area contributed by atoms with Gasteiger partial charge in [-0.2, -0.15) is 0 Å². The lowest BCUT2D eigenvalue weighted by Gasteiger charge is -2.39. The largest absolute Gasteiger partial charge is 0.501 e. The summed E-state index contributed by atoms with van der Waals surface area (Å²) in [5.74, 6) is -2.62. The smallest absolute Gasteiger partial charge is 0.408 e. The normalized spacial score (nSPS) is 21.0. The van der Waals surface area contributed by atoms with Gasteiger partial charge in [0, 0.05) is 6.61 Å². The molecule has 10 nitrogen and oxygen atoms in total. The van der Waals surface area contributed by atoms with Crippen LogP contribution in [0.2, 0.25) is 0 Å². The maximum Gasteiger partial charge on any atom is 0.408 e. The van der Waals surface area contributed by atoms with Crippen LogP contribution in [0.5, 0.6) is 5.75 Å². The third-order valence-corrected chi connectivity index (χ3v) is 5.32. The quantitative estimate of drug-likeness (QED) is 0.472. The first kappa shape index (κ1) is 21.3. The van der Waals surface area contributed by atoms with Gasteiger partial charge in [0.1, 0.15) is 18.0 Å². The molecule has 1 fully saturated rings. The molecule has 10 heteroatoms. The van der Waals surface area contributed by atoms with Crippen LogP contribution in [0.4, 0.5) is 4.79 Å². The number of aliphatic hydroxyl groups excluding tert-OH is 1. The standard InChI is InChI=1S/C20H23N3O7/c24-10-12-6-8-20(9-7-12,18-21-14(17(27)28)15(25)16(26)22-18)23-19(29)30-11-13-4-2-1-3-5-13/h1-5,12,24-25H,6-11H2,(H,23,29)(H,27,28)(H,21,22,26). The van der Waals surface area contributed by atoms with E-state index in [9.17, 15) is 29.7 Å². The number of hydrogen-bond acceptors (Lipinski definition) is 7. The molecule has 1 aliphatic rings. The molecular weight excluding hydrogens is 394 g/mol. The maximum absolute atomic E-state index is 12.5. The fourth-order valence-corrected chi connectivity index (χ4v) is 3.57. The van der Waals surface area contributed by atoms with Gasteiger partial charge >= 0.3 is 12.1 Å². The Balaban J connectivity index is 1.88. The van der Waals surface area contributed by atoms with Crippen molar-refractivity contribution in [2.75, 3.05) is 6.61 Å². The minimum Gasteiger partial charge on any atom is -0.501 e. The number of aromatic nitrogens is 2. The highest BCUT2D eigenvalue weighted by molar-refractivity contribution is 5.88. The molecular formula is C20H23N3O7. The van der Waals surface area contributed by atoms with Crippen molar-refractivity contribution < 1.29 is 29.6 Å². The molecule has 3 rings (SSSR count). The molecule has 1 aliphatic carbocycles. The summed E-state index contributed by atoms with van der Waals surface area (Å²) < 4.78 is 5.28. The van der Waals surface area contributed by atoms with E-state index in [0.29, 0.717) is 25.7 Å². The van der Waals surface area contributed by atoms with Crippen LogP contribution in [-0.2, 0) is 16.9 Å². The number of aromatic amines is 1. The number of H-pyrrole nitrogens is 1. The van der Waals surface area contributed by atoms with Crippen LogP contribution >= 0.6 is 0 Å². The summed E-state index contributed by atoms with van der Waals surface area (Å²) in [6.07, 6.45) is 0.871. The molecule has 160 valence electrons. The van der Waals surface area contributed by atoms with E-state index in [1.807, 2.05) is 18.2 Å². The fourth-order valence-electron chi connectivity index (χ4n) is 3.57. The molecule has 5 N–H and O–H groups in total. The lowest BCUT2D eigenvalue weighted by Crippen LogP contribution is -2.50. The number of carboxylic acid groups (broad SMARTS) is 1. The average molecular weight is 417 g/mol. The van der Waals surface area contributed by atoms with E-state index in [0.717, 1.165) is 5.56 Å². The summed E-state index contributed by atoms with van der Waals surface area (Å²) in [6, 6.07) is 9.06. The first-order valence-electron chi connectivity index (χ1n) is 9.51. The second kappa shape index (κ2) is 8.95. The third kappa shape index (κ3) is 4.60. The molecule has 0 atom stereocenters. The van der Waals surface area contributed by atoms with Crippen LogP contribution in [0, 0.1) is 5.92 Å². The van der Waals surface area contributed by atoms with Crippen LogP contribution in [-0.4, -0.2) is 44.0 Å². The molecule has 0 unspecified atom stereocenters. The highest BCUT2D eigenvalue weighted by atomic mass is 16.5. The Morgan fingerprint density at radius 2 is 1.90 bits per heavy atom. The van der Waals surface area contributed by atoms with Gasteiger partial charge in [-0.1, -0.05) is 30.3 Å². The van der Waals surface area contributed by atoms with Crippen LogP contribution in [0.25, 0.3) is 0 Å². The second-order valence-corrected chi connectivity index (χ2v) is 7.31. The Morgan fingerprint density at radius 3 is 2.50 bits per heavy atom. The van der Waals surface area contributed by atoms with E-state index >= 15 is 0 Å². The number of nitrogens with one attached hydrogen (secondary N) is 2. The molecule has 2 aromatic rings. The topological polar surface area (TPSA) is 162 Å². The van der Waals surface area contributed by atoms with Crippen molar-refractivity contribution in [1.29, 1.82) is 0 Å². The second-order valence-electron chi connectivity index (χ2n) is 7.31. The van der Waals surface area contributed by atoms with E-state index in [2.05, 4.69) is 15.3 Å². The predicted octanol–water partition coefficient (Wildman–Crippen LogP) is 1.48. The van der Waals surface area contributed by atoms with E-state index in [-0.39, 0.29) is 25.0 Å². The molecule has 0 aliphatic heterocycles. The van der Waals surface area contributed by atoms with Crippen molar-refractivity contribution in [3.8, 4) is 5.75 Å². The first-order chi connectivity index (χ1) is 14.3.